The topological polar surface area (TPSA) is 46.5 Å². The lowest BCUT2D eigenvalue weighted by Crippen LogP contribution is -2.42. The minimum absolute atomic E-state index is 0.0762. The molecule has 0 heterocycles. The molecule has 124 valence electrons. The molecule has 22 heavy (non-hydrogen) atoms. The van der Waals surface area contributed by atoms with Crippen molar-refractivity contribution in [2.45, 2.75) is 65.6 Å². The molecule has 0 amide bonds. The van der Waals surface area contributed by atoms with Crippen LogP contribution in [0.25, 0.3) is 0 Å². The lowest BCUT2D eigenvalue weighted by molar-refractivity contribution is -0.159. The second-order valence-corrected chi connectivity index (χ2v) is 6.95. The fourth-order valence-corrected chi connectivity index (χ4v) is 3.75. The predicted octanol–water partition coefficient (Wildman–Crippen LogP) is 3.87. The first-order chi connectivity index (χ1) is 10.5. The molecule has 1 N–H and O–H groups in total. The molecule has 0 bridgehead atoms. The van der Waals surface area contributed by atoms with Gasteiger partial charge in [0.05, 0.1) is 12.0 Å². The van der Waals surface area contributed by atoms with Gasteiger partial charge < -0.3 is 9.84 Å². The van der Waals surface area contributed by atoms with Crippen molar-refractivity contribution in [1.29, 1.82) is 0 Å². The molecule has 0 fully saturated rings. The third kappa shape index (κ3) is 3.62. The van der Waals surface area contributed by atoms with Crippen LogP contribution in [0.5, 0.6) is 0 Å². The molecule has 0 unspecified atom stereocenters. The molecule has 0 aromatic rings. The summed E-state index contributed by atoms with van der Waals surface area (Å²) >= 11 is 0. The average Bonchev–Trinajstić information content (AvgIpc) is 2.49. The number of hydrogen-bond donors (Lipinski definition) is 1. The molecular weight excluding hydrogens is 276 g/mol. The van der Waals surface area contributed by atoms with Gasteiger partial charge in [0.2, 0.25) is 0 Å². The van der Waals surface area contributed by atoms with Crippen molar-refractivity contribution >= 4 is 5.97 Å². The zero-order valence-electron chi connectivity index (χ0n) is 14.3. The first kappa shape index (κ1) is 17.3. The van der Waals surface area contributed by atoms with Gasteiger partial charge in [0.15, 0.2) is 0 Å². The Bertz CT molecular complexity index is 452. The average molecular weight is 306 g/mol. The van der Waals surface area contributed by atoms with Crippen LogP contribution in [0.3, 0.4) is 0 Å². The van der Waals surface area contributed by atoms with Crippen LogP contribution in [0.15, 0.2) is 23.8 Å². The minimum atomic E-state index is -0.513. The molecule has 0 aliphatic heterocycles. The number of hydrogen-bond acceptors (Lipinski definition) is 3. The molecule has 0 radical (unpaired) electrons. The van der Waals surface area contributed by atoms with E-state index in [0.29, 0.717) is 18.3 Å². The first-order valence-corrected chi connectivity index (χ1v) is 8.76. The molecule has 0 saturated heterocycles. The number of carbonyl (C=O) groups excluding carboxylic acids is 1. The second-order valence-electron chi connectivity index (χ2n) is 6.95. The van der Waals surface area contributed by atoms with Crippen molar-refractivity contribution in [2.75, 3.05) is 0 Å². The van der Waals surface area contributed by atoms with Gasteiger partial charge in [-0.3, -0.25) is 4.79 Å². The van der Waals surface area contributed by atoms with Gasteiger partial charge in [-0.25, -0.2) is 0 Å². The van der Waals surface area contributed by atoms with Crippen LogP contribution in [0.4, 0.5) is 0 Å². The maximum Gasteiger partial charge on any atom is 0.308 e. The summed E-state index contributed by atoms with van der Waals surface area (Å²) in [6.07, 6.45) is 9.16. The number of carbonyl (C=O) groups is 1. The van der Waals surface area contributed by atoms with Gasteiger partial charge >= 0.3 is 5.97 Å². The Hall–Kier alpha value is -1.09. The largest absolute Gasteiger partial charge is 0.461 e. The summed E-state index contributed by atoms with van der Waals surface area (Å²) in [5.41, 5.74) is 1.15. The Labute approximate surface area is 134 Å². The van der Waals surface area contributed by atoms with E-state index in [1.165, 1.54) is 0 Å². The Kier molecular flexibility index (Phi) is 5.85. The van der Waals surface area contributed by atoms with E-state index < -0.39 is 6.10 Å². The third-order valence-corrected chi connectivity index (χ3v) is 5.28. The summed E-state index contributed by atoms with van der Waals surface area (Å²) in [6.45, 7) is 8.35. The number of aliphatic hydroxyl groups excluding tert-OH is 1. The van der Waals surface area contributed by atoms with E-state index in [0.717, 1.165) is 24.8 Å². The smallest absolute Gasteiger partial charge is 0.308 e. The number of allylic oxidation sites excluding steroid dienone is 2. The molecule has 3 nitrogen and oxygen atoms in total. The zero-order chi connectivity index (χ0) is 16.3. The highest BCUT2D eigenvalue weighted by Gasteiger charge is 2.41. The lowest BCUT2D eigenvalue weighted by Gasteiger charge is -2.42. The standard InChI is InChI=1S/C19H30O3/c1-5-7-16-13(4)8-9-14-10-15(20)11-17(18(14)16)22-19(21)12(3)6-2/h8-10,12-13,15-18,20H,5-7,11H2,1-4H3/t12-,13-,15+,16-,17-,18-/m0/s1. The highest BCUT2D eigenvalue weighted by atomic mass is 16.5. The Balaban J connectivity index is 2.24. The van der Waals surface area contributed by atoms with Gasteiger partial charge in [0.25, 0.3) is 0 Å². The summed E-state index contributed by atoms with van der Waals surface area (Å²) in [4.78, 5) is 12.2. The third-order valence-electron chi connectivity index (χ3n) is 5.28. The zero-order valence-corrected chi connectivity index (χ0v) is 14.3. The molecule has 2 aliphatic carbocycles. The quantitative estimate of drug-likeness (QED) is 0.784. The van der Waals surface area contributed by atoms with Crippen LogP contribution in [0, 0.1) is 23.7 Å². The summed E-state index contributed by atoms with van der Waals surface area (Å²) < 4.78 is 5.84. The van der Waals surface area contributed by atoms with E-state index in [4.69, 9.17) is 4.74 Å². The summed E-state index contributed by atoms with van der Waals surface area (Å²) in [7, 11) is 0. The number of rotatable bonds is 5. The lowest BCUT2D eigenvalue weighted by atomic mass is 9.66. The molecule has 0 aromatic carbocycles. The molecule has 2 aliphatic rings. The van der Waals surface area contributed by atoms with E-state index in [1.54, 1.807) is 0 Å². The molecule has 3 heteroatoms. The van der Waals surface area contributed by atoms with E-state index in [2.05, 4.69) is 26.0 Å². The van der Waals surface area contributed by atoms with Gasteiger partial charge in [0, 0.05) is 12.3 Å². The van der Waals surface area contributed by atoms with Crippen molar-refractivity contribution in [3.05, 3.63) is 23.8 Å². The second kappa shape index (κ2) is 7.45. The van der Waals surface area contributed by atoms with Crippen LogP contribution >= 0.6 is 0 Å². The minimum Gasteiger partial charge on any atom is -0.461 e. The van der Waals surface area contributed by atoms with Crippen LogP contribution in [0.1, 0.15) is 53.4 Å². The van der Waals surface area contributed by atoms with E-state index in [1.807, 2.05) is 19.9 Å². The van der Waals surface area contributed by atoms with Crippen molar-refractivity contribution in [3.8, 4) is 0 Å². The van der Waals surface area contributed by atoms with Crippen molar-refractivity contribution in [1.82, 2.24) is 0 Å². The fourth-order valence-electron chi connectivity index (χ4n) is 3.75. The molecule has 0 aromatic heterocycles. The first-order valence-electron chi connectivity index (χ1n) is 8.76. The van der Waals surface area contributed by atoms with Crippen LogP contribution in [0.2, 0.25) is 0 Å². The van der Waals surface area contributed by atoms with E-state index in [-0.39, 0.29) is 23.9 Å². The highest BCUT2D eigenvalue weighted by molar-refractivity contribution is 5.72. The number of esters is 1. The highest BCUT2D eigenvalue weighted by Crippen LogP contribution is 2.43. The van der Waals surface area contributed by atoms with Crippen LogP contribution < -0.4 is 0 Å². The Morgan fingerprint density at radius 3 is 2.82 bits per heavy atom. The summed E-state index contributed by atoms with van der Waals surface area (Å²) in [6, 6.07) is 0. The predicted molar refractivity (Wildman–Crippen MR) is 88.2 cm³/mol. The van der Waals surface area contributed by atoms with Gasteiger partial charge in [-0.05, 0) is 30.3 Å². The van der Waals surface area contributed by atoms with Crippen LogP contribution in [-0.4, -0.2) is 23.3 Å². The number of aliphatic hydroxyl groups is 1. The normalized spacial score (nSPS) is 35.5. The van der Waals surface area contributed by atoms with Gasteiger partial charge in [-0.1, -0.05) is 52.3 Å². The number of fused-ring (bicyclic) bond motifs is 1. The molecular formula is C19H30O3. The molecule has 2 rings (SSSR count). The summed E-state index contributed by atoms with van der Waals surface area (Å²) in [5, 5.41) is 10.1. The van der Waals surface area contributed by atoms with Gasteiger partial charge in [0.1, 0.15) is 6.10 Å². The van der Waals surface area contributed by atoms with E-state index >= 15 is 0 Å². The number of ether oxygens (including phenoxy) is 1. The van der Waals surface area contributed by atoms with Crippen molar-refractivity contribution in [2.24, 2.45) is 23.7 Å². The van der Waals surface area contributed by atoms with Crippen molar-refractivity contribution in [3.63, 3.8) is 0 Å². The summed E-state index contributed by atoms with van der Waals surface area (Å²) in [5.74, 6) is 1.01. The monoisotopic (exact) mass is 306 g/mol. The van der Waals surface area contributed by atoms with Crippen molar-refractivity contribution < 1.29 is 14.6 Å². The SMILES string of the molecule is CCC[C@@H]1[C@@H]2C(=C[C@@H](O)C[C@@H]2OC(=O)[C@@H](C)CC)C=C[C@@H]1C. The van der Waals surface area contributed by atoms with Gasteiger partial charge in [-0.2, -0.15) is 0 Å². The Morgan fingerprint density at radius 1 is 1.45 bits per heavy atom. The van der Waals surface area contributed by atoms with E-state index in [9.17, 15) is 9.90 Å². The Morgan fingerprint density at radius 2 is 2.18 bits per heavy atom. The molecule has 0 spiro atoms. The maximum absolute atomic E-state index is 12.2. The van der Waals surface area contributed by atoms with Gasteiger partial charge in [-0.15, -0.1) is 0 Å². The molecule has 6 atom stereocenters. The fraction of sp³-hybridized carbons (Fsp3) is 0.737. The molecule has 0 saturated carbocycles. The van der Waals surface area contributed by atoms with Crippen LogP contribution in [-0.2, 0) is 9.53 Å². The maximum atomic E-state index is 12.2.